The molecule has 0 bridgehead atoms. The Balaban J connectivity index is 2.10. The summed E-state index contributed by atoms with van der Waals surface area (Å²) < 4.78 is 0.529. The number of halogens is 1. The van der Waals surface area contributed by atoms with Crippen LogP contribution in [0.25, 0.3) is 5.03 Å². The van der Waals surface area contributed by atoms with Crippen molar-refractivity contribution in [2.45, 2.75) is 17.9 Å². The molecule has 1 aliphatic rings. The summed E-state index contributed by atoms with van der Waals surface area (Å²) in [7, 11) is 0. The van der Waals surface area contributed by atoms with E-state index in [2.05, 4.69) is 37.3 Å². The maximum absolute atomic E-state index is 6.35. The molecule has 0 N–H and O–H groups in total. The van der Waals surface area contributed by atoms with Crippen LogP contribution in [0.3, 0.4) is 0 Å². The Hall–Kier alpha value is -0.0500. The molecule has 0 spiro atoms. The van der Waals surface area contributed by atoms with Gasteiger partial charge in [-0.15, -0.1) is 23.5 Å². The molecule has 0 aromatic heterocycles. The van der Waals surface area contributed by atoms with Gasteiger partial charge in [0.05, 0.1) is 4.58 Å². The van der Waals surface area contributed by atoms with Crippen LogP contribution in [0, 0.1) is 6.92 Å². The fourth-order valence-electron chi connectivity index (χ4n) is 1.61. The molecular weight excluding hydrogens is 256 g/mol. The third kappa shape index (κ3) is 3.47. The van der Waals surface area contributed by atoms with Crippen molar-refractivity contribution in [3.05, 3.63) is 41.5 Å². The number of hydrogen-bond donors (Lipinski definition) is 0. The Bertz CT molecular complexity index is 381. The average Bonchev–Trinajstić information content (AvgIpc) is 2.30. The molecule has 3 heteroatoms. The van der Waals surface area contributed by atoms with Crippen LogP contribution in [0.4, 0.5) is 0 Å². The van der Waals surface area contributed by atoms with Crippen LogP contribution in [0.1, 0.15) is 17.5 Å². The summed E-state index contributed by atoms with van der Waals surface area (Å²) >= 11 is 10.3. The fourth-order valence-corrected chi connectivity index (χ4v) is 4.70. The minimum Gasteiger partial charge on any atom is -0.143 e. The Morgan fingerprint density at radius 1 is 1.38 bits per heavy atom. The topological polar surface area (TPSA) is 0 Å². The molecular formula is C13H15ClS2. The maximum atomic E-state index is 6.35. The Kier molecular flexibility index (Phi) is 4.68. The van der Waals surface area contributed by atoms with Crippen molar-refractivity contribution < 1.29 is 0 Å². The molecule has 1 saturated heterocycles. The van der Waals surface area contributed by atoms with E-state index in [1.54, 1.807) is 0 Å². The average molecular weight is 271 g/mol. The first kappa shape index (κ1) is 12.4. The molecule has 0 atom stereocenters. The van der Waals surface area contributed by atoms with Gasteiger partial charge >= 0.3 is 0 Å². The zero-order valence-electron chi connectivity index (χ0n) is 9.28. The van der Waals surface area contributed by atoms with Crippen LogP contribution >= 0.6 is 35.1 Å². The highest BCUT2D eigenvalue weighted by atomic mass is 35.5. The van der Waals surface area contributed by atoms with Gasteiger partial charge in [-0.25, -0.2) is 0 Å². The van der Waals surface area contributed by atoms with Gasteiger partial charge in [-0.05, 0) is 36.5 Å². The highest BCUT2D eigenvalue weighted by Crippen LogP contribution is 2.34. The van der Waals surface area contributed by atoms with Gasteiger partial charge in [0.15, 0.2) is 0 Å². The first-order chi connectivity index (χ1) is 7.75. The van der Waals surface area contributed by atoms with Crippen molar-refractivity contribution in [2.75, 3.05) is 11.5 Å². The lowest BCUT2D eigenvalue weighted by molar-refractivity contribution is 1.11. The van der Waals surface area contributed by atoms with Crippen LogP contribution in [0.5, 0.6) is 0 Å². The predicted octanol–water partition coefficient (Wildman–Crippen LogP) is 4.77. The standard InChI is InChI=1S/C13H15ClS2/c1-10-4-2-5-11(8-10)12(14)9-13-15-6-3-7-16-13/h2,4-5,8-9,13H,3,6-7H2,1H3/b12-9-. The SMILES string of the molecule is Cc1cccc(/C(Cl)=C/C2SCCCS2)c1. The van der Waals surface area contributed by atoms with Crippen molar-refractivity contribution in [3.63, 3.8) is 0 Å². The summed E-state index contributed by atoms with van der Waals surface area (Å²) in [5.41, 5.74) is 2.39. The van der Waals surface area contributed by atoms with Crippen molar-refractivity contribution >= 4 is 40.2 Å². The second kappa shape index (κ2) is 6.04. The highest BCUT2D eigenvalue weighted by molar-refractivity contribution is 8.17. The second-order valence-electron chi connectivity index (χ2n) is 3.85. The maximum Gasteiger partial charge on any atom is 0.0699 e. The quantitative estimate of drug-likeness (QED) is 0.759. The third-order valence-electron chi connectivity index (χ3n) is 2.43. The Labute approximate surface area is 111 Å². The molecule has 0 nitrogen and oxygen atoms in total. The summed E-state index contributed by atoms with van der Waals surface area (Å²) in [5.74, 6) is 2.51. The first-order valence-corrected chi connectivity index (χ1v) is 7.91. The van der Waals surface area contributed by atoms with Crippen LogP contribution in [-0.4, -0.2) is 16.1 Å². The third-order valence-corrected chi connectivity index (χ3v) is 5.57. The summed E-state index contributed by atoms with van der Waals surface area (Å²) in [6, 6.07) is 8.36. The number of hydrogen-bond acceptors (Lipinski definition) is 2. The number of thioether (sulfide) groups is 2. The van der Waals surface area contributed by atoms with E-state index in [1.807, 2.05) is 23.5 Å². The number of benzene rings is 1. The molecule has 1 aliphatic heterocycles. The summed E-state index contributed by atoms with van der Waals surface area (Å²) in [6.07, 6.45) is 3.51. The van der Waals surface area contributed by atoms with E-state index < -0.39 is 0 Å². The van der Waals surface area contributed by atoms with Crippen molar-refractivity contribution in [1.29, 1.82) is 0 Å². The first-order valence-electron chi connectivity index (χ1n) is 5.43. The molecule has 1 heterocycles. The largest absolute Gasteiger partial charge is 0.143 e. The van der Waals surface area contributed by atoms with E-state index in [4.69, 9.17) is 11.6 Å². The molecule has 1 aromatic rings. The summed E-state index contributed by atoms with van der Waals surface area (Å²) in [4.78, 5) is 0. The fraction of sp³-hybridized carbons (Fsp3) is 0.385. The van der Waals surface area contributed by atoms with Gasteiger partial charge in [0, 0.05) is 5.03 Å². The van der Waals surface area contributed by atoms with Gasteiger partial charge in [0.25, 0.3) is 0 Å². The molecule has 1 fully saturated rings. The summed E-state index contributed by atoms with van der Waals surface area (Å²) in [5, 5.41) is 0.885. The van der Waals surface area contributed by atoms with E-state index in [0.717, 1.165) is 10.6 Å². The smallest absolute Gasteiger partial charge is 0.0699 e. The zero-order chi connectivity index (χ0) is 11.4. The molecule has 0 unspecified atom stereocenters. The number of aryl methyl sites for hydroxylation is 1. The Morgan fingerprint density at radius 2 is 2.12 bits per heavy atom. The molecule has 1 aromatic carbocycles. The van der Waals surface area contributed by atoms with Gasteiger partial charge in [0.1, 0.15) is 0 Å². The minimum atomic E-state index is 0.529. The normalized spacial score (nSPS) is 18.8. The van der Waals surface area contributed by atoms with Gasteiger partial charge in [0.2, 0.25) is 0 Å². The van der Waals surface area contributed by atoms with Crippen LogP contribution < -0.4 is 0 Å². The van der Waals surface area contributed by atoms with Gasteiger partial charge in [-0.1, -0.05) is 41.4 Å². The van der Waals surface area contributed by atoms with E-state index in [-0.39, 0.29) is 0 Å². The zero-order valence-corrected chi connectivity index (χ0v) is 11.7. The van der Waals surface area contributed by atoms with Crippen molar-refractivity contribution in [1.82, 2.24) is 0 Å². The lowest BCUT2D eigenvalue weighted by Crippen LogP contribution is -2.03. The highest BCUT2D eigenvalue weighted by Gasteiger charge is 2.12. The molecule has 0 amide bonds. The molecule has 16 heavy (non-hydrogen) atoms. The van der Waals surface area contributed by atoms with Gasteiger partial charge < -0.3 is 0 Å². The van der Waals surface area contributed by atoms with Crippen LogP contribution in [0.15, 0.2) is 30.3 Å². The van der Waals surface area contributed by atoms with Crippen LogP contribution in [0.2, 0.25) is 0 Å². The van der Waals surface area contributed by atoms with Crippen molar-refractivity contribution in [2.24, 2.45) is 0 Å². The predicted molar refractivity (Wildman–Crippen MR) is 78.3 cm³/mol. The lowest BCUT2D eigenvalue weighted by Gasteiger charge is -2.18. The minimum absolute atomic E-state index is 0.529. The molecule has 0 saturated carbocycles. The Morgan fingerprint density at radius 3 is 2.81 bits per heavy atom. The van der Waals surface area contributed by atoms with Crippen molar-refractivity contribution in [3.8, 4) is 0 Å². The molecule has 0 aliphatic carbocycles. The molecule has 86 valence electrons. The summed E-state index contributed by atoms with van der Waals surface area (Å²) in [6.45, 7) is 2.10. The van der Waals surface area contributed by atoms with E-state index in [9.17, 15) is 0 Å². The van der Waals surface area contributed by atoms with Gasteiger partial charge in [-0.3, -0.25) is 0 Å². The van der Waals surface area contributed by atoms with Gasteiger partial charge in [-0.2, -0.15) is 0 Å². The van der Waals surface area contributed by atoms with E-state index >= 15 is 0 Å². The number of rotatable bonds is 2. The van der Waals surface area contributed by atoms with E-state index in [0.29, 0.717) is 4.58 Å². The van der Waals surface area contributed by atoms with Crippen LogP contribution in [-0.2, 0) is 0 Å². The molecule has 0 radical (unpaired) electrons. The monoisotopic (exact) mass is 270 g/mol. The van der Waals surface area contributed by atoms with E-state index in [1.165, 1.54) is 23.5 Å². The second-order valence-corrected chi connectivity index (χ2v) is 7.05. The lowest BCUT2D eigenvalue weighted by atomic mass is 10.1. The molecule has 2 rings (SSSR count).